The number of benzene rings is 2. The SMILES string of the molecule is CC1CCN(c2ccc(N3C(=S)N[C@@H](c4ccccn4)[C@@H]3c3ccc(-c4ccc(Br)cc4F)o3)cc2Cl)CC1. The molecule has 2 aromatic carbocycles. The number of piperidine rings is 1. The second-order valence-corrected chi connectivity index (χ2v) is 11.8. The van der Waals surface area contributed by atoms with E-state index in [1.54, 1.807) is 24.4 Å². The molecule has 0 bridgehead atoms. The molecule has 4 aromatic rings. The average Bonchev–Trinajstić information content (AvgIpc) is 3.54. The Morgan fingerprint density at radius 1 is 1.08 bits per heavy atom. The minimum Gasteiger partial charge on any atom is -0.459 e. The second-order valence-electron chi connectivity index (χ2n) is 10.1. The predicted molar refractivity (Wildman–Crippen MR) is 162 cm³/mol. The first-order valence-electron chi connectivity index (χ1n) is 13.0. The summed E-state index contributed by atoms with van der Waals surface area (Å²) in [7, 11) is 0. The molecule has 39 heavy (non-hydrogen) atoms. The van der Waals surface area contributed by atoms with Gasteiger partial charge in [-0.2, -0.15) is 0 Å². The predicted octanol–water partition coefficient (Wildman–Crippen LogP) is 8.31. The van der Waals surface area contributed by atoms with Gasteiger partial charge in [-0.3, -0.25) is 4.98 Å². The van der Waals surface area contributed by atoms with Crippen LogP contribution >= 0.6 is 39.7 Å². The van der Waals surface area contributed by atoms with Gasteiger partial charge in [-0.25, -0.2) is 4.39 Å². The number of thiocarbonyl (C=S) groups is 1. The normalized spacial score (nSPS) is 19.9. The van der Waals surface area contributed by atoms with E-state index in [1.807, 2.05) is 35.2 Å². The van der Waals surface area contributed by atoms with Gasteiger partial charge >= 0.3 is 0 Å². The highest BCUT2D eigenvalue weighted by Crippen LogP contribution is 2.44. The molecular formula is C30H27BrClFN4OS. The van der Waals surface area contributed by atoms with E-state index in [9.17, 15) is 4.39 Å². The molecule has 2 saturated heterocycles. The zero-order valence-corrected chi connectivity index (χ0v) is 24.4. The Kier molecular flexibility index (Phi) is 7.35. The molecule has 2 aliphatic heterocycles. The average molecular weight is 626 g/mol. The molecule has 6 rings (SSSR count). The van der Waals surface area contributed by atoms with Crippen molar-refractivity contribution in [3.05, 3.63) is 99.7 Å². The lowest BCUT2D eigenvalue weighted by atomic mass is 9.98. The second kappa shape index (κ2) is 10.9. The zero-order chi connectivity index (χ0) is 27.1. The van der Waals surface area contributed by atoms with E-state index < -0.39 is 0 Å². The van der Waals surface area contributed by atoms with Crippen molar-refractivity contribution in [2.24, 2.45) is 5.92 Å². The molecule has 0 aliphatic carbocycles. The summed E-state index contributed by atoms with van der Waals surface area (Å²) >= 11 is 16.0. The summed E-state index contributed by atoms with van der Waals surface area (Å²) in [6.07, 6.45) is 4.08. The van der Waals surface area contributed by atoms with E-state index in [-0.39, 0.29) is 17.9 Å². The molecule has 200 valence electrons. The van der Waals surface area contributed by atoms with Crippen molar-refractivity contribution in [1.29, 1.82) is 0 Å². The quantitative estimate of drug-likeness (QED) is 0.225. The fraction of sp³-hybridized carbons (Fsp3) is 0.267. The van der Waals surface area contributed by atoms with Crippen molar-refractivity contribution < 1.29 is 8.81 Å². The van der Waals surface area contributed by atoms with E-state index in [4.69, 9.17) is 28.2 Å². The molecule has 2 fully saturated rings. The van der Waals surface area contributed by atoms with Gasteiger partial charge in [0.05, 0.1) is 28.0 Å². The number of pyridine rings is 1. The van der Waals surface area contributed by atoms with Crippen LogP contribution in [0.3, 0.4) is 0 Å². The number of anilines is 2. The zero-order valence-electron chi connectivity index (χ0n) is 21.3. The van der Waals surface area contributed by atoms with Crippen LogP contribution in [0, 0.1) is 11.7 Å². The molecule has 9 heteroatoms. The number of hydrogen-bond donors (Lipinski definition) is 1. The van der Waals surface area contributed by atoms with Crippen LogP contribution in [0.25, 0.3) is 11.3 Å². The van der Waals surface area contributed by atoms with Crippen LogP contribution in [0.15, 0.2) is 81.8 Å². The van der Waals surface area contributed by atoms with E-state index in [2.05, 4.69) is 50.2 Å². The monoisotopic (exact) mass is 624 g/mol. The van der Waals surface area contributed by atoms with Crippen LogP contribution in [-0.4, -0.2) is 23.2 Å². The molecule has 5 nitrogen and oxygen atoms in total. The summed E-state index contributed by atoms with van der Waals surface area (Å²) < 4.78 is 21.8. The van der Waals surface area contributed by atoms with Crippen molar-refractivity contribution in [2.45, 2.75) is 31.8 Å². The van der Waals surface area contributed by atoms with Crippen molar-refractivity contribution >= 4 is 56.2 Å². The summed E-state index contributed by atoms with van der Waals surface area (Å²) in [5.74, 6) is 1.46. The topological polar surface area (TPSA) is 44.5 Å². The Bertz CT molecular complexity index is 1510. The van der Waals surface area contributed by atoms with Gasteiger partial charge in [0.15, 0.2) is 5.11 Å². The number of hydrogen-bond acceptors (Lipinski definition) is 4. The molecule has 0 spiro atoms. The minimum atomic E-state index is -0.364. The first-order chi connectivity index (χ1) is 18.9. The van der Waals surface area contributed by atoms with Gasteiger partial charge in [0, 0.05) is 29.4 Å². The molecule has 2 atom stereocenters. The standard InChI is InChI=1S/C30H27BrClFN4OS/c1-18-11-14-36(15-12-18)25-8-6-20(17-22(25)32)37-29(28(35-30(37)39)24-4-2-3-13-34-24)27-10-9-26(38-27)21-7-5-19(31)16-23(21)33/h2-10,13,16-18,28-29H,11-12,14-15H2,1H3,(H,35,39)/t28-,29-/m0/s1. The van der Waals surface area contributed by atoms with E-state index in [0.29, 0.717) is 31.7 Å². The summed E-state index contributed by atoms with van der Waals surface area (Å²) in [6, 6.07) is 19.8. The summed E-state index contributed by atoms with van der Waals surface area (Å²) in [6.45, 7) is 4.29. The summed E-state index contributed by atoms with van der Waals surface area (Å²) in [5.41, 5.74) is 3.10. The van der Waals surface area contributed by atoms with Crippen molar-refractivity contribution in [3.8, 4) is 11.3 Å². The molecule has 0 saturated carbocycles. The molecule has 2 aromatic heterocycles. The number of furan rings is 1. The Morgan fingerprint density at radius 2 is 1.90 bits per heavy atom. The maximum atomic E-state index is 14.8. The Morgan fingerprint density at radius 3 is 2.62 bits per heavy atom. The number of nitrogens with one attached hydrogen (secondary N) is 1. The van der Waals surface area contributed by atoms with Gasteiger partial charge < -0.3 is 19.5 Å². The molecule has 1 N–H and O–H groups in total. The number of aromatic nitrogens is 1. The van der Waals surface area contributed by atoms with Gasteiger partial charge in [0.2, 0.25) is 0 Å². The van der Waals surface area contributed by atoms with Crippen molar-refractivity contribution in [3.63, 3.8) is 0 Å². The van der Waals surface area contributed by atoms with Crippen LogP contribution in [0.5, 0.6) is 0 Å². The molecular weight excluding hydrogens is 599 g/mol. The van der Waals surface area contributed by atoms with E-state index in [1.165, 1.54) is 6.07 Å². The lowest BCUT2D eigenvalue weighted by Gasteiger charge is -2.33. The fourth-order valence-corrected chi connectivity index (χ4v) is 6.39. The van der Waals surface area contributed by atoms with Gasteiger partial charge in [0.25, 0.3) is 0 Å². The van der Waals surface area contributed by atoms with Crippen LogP contribution in [0.1, 0.15) is 43.3 Å². The van der Waals surface area contributed by atoms with E-state index >= 15 is 0 Å². The van der Waals surface area contributed by atoms with E-state index in [0.717, 1.165) is 48.9 Å². The molecule has 4 heterocycles. The van der Waals surface area contributed by atoms with Crippen LogP contribution < -0.4 is 15.1 Å². The third kappa shape index (κ3) is 5.17. The first kappa shape index (κ1) is 26.3. The maximum Gasteiger partial charge on any atom is 0.174 e. The third-order valence-corrected chi connectivity index (χ3v) is 8.66. The van der Waals surface area contributed by atoms with Crippen LogP contribution in [-0.2, 0) is 0 Å². The number of nitrogens with zero attached hydrogens (tertiary/aromatic N) is 3. The molecule has 0 amide bonds. The summed E-state index contributed by atoms with van der Waals surface area (Å²) in [4.78, 5) is 8.97. The smallest absolute Gasteiger partial charge is 0.174 e. The van der Waals surface area contributed by atoms with Crippen LogP contribution in [0.4, 0.5) is 15.8 Å². The molecule has 0 unspecified atom stereocenters. The van der Waals surface area contributed by atoms with Crippen molar-refractivity contribution in [2.75, 3.05) is 22.9 Å². The number of halogens is 3. The fourth-order valence-electron chi connectivity index (χ4n) is 5.42. The third-order valence-electron chi connectivity index (χ3n) is 7.55. The highest BCUT2D eigenvalue weighted by Gasteiger charge is 2.43. The largest absolute Gasteiger partial charge is 0.459 e. The molecule has 2 aliphatic rings. The lowest BCUT2D eigenvalue weighted by molar-refractivity contribution is 0.437. The molecule has 0 radical (unpaired) electrons. The van der Waals surface area contributed by atoms with Gasteiger partial charge in [-0.15, -0.1) is 0 Å². The Hall–Kier alpha value is -2.94. The van der Waals surface area contributed by atoms with Gasteiger partial charge in [-0.05, 0) is 91.6 Å². The van der Waals surface area contributed by atoms with Crippen LogP contribution in [0.2, 0.25) is 5.02 Å². The Labute approximate surface area is 246 Å². The summed E-state index contributed by atoms with van der Waals surface area (Å²) in [5, 5.41) is 4.66. The van der Waals surface area contributed by atoms with Gasteiger partial charge in [0.1, 0.15) is 23.4 Å². The maximum absolute atomic E-state index is 14.8. The lowest BCUT2D eigenvalue weighted by Crippen LogP contribution is -2.33. The van der Waals surface area contributed by atoms with Gasteiger partial charge in [-0.1, -0.05) is 40.5 Å². The highest BCUT2D eigenvalue weighted by molar-refractivity contribution is 9.10. The highest BCUT2D eigenvalue weighted by atomic mass is 79.9. The number of rotatable bonds is 5. The Balaban J connectivity index is 1.38. The minimum absolute atomic E-state index is 0.283. The first-order valence-corrected chi connectivity index (χ1v) is 14.6. The van der Waals surface area contributed by atoms with Crippen molar-refractivity contribution in [1.82, 2.24) is 10.3 Å².